The minimum atomic E-state index is -3.19. The van der Waals surface area contributed by atoms with Gasteiger partial charge in [-0.05, 0) is 47.8 Å². The number of carbonyl (C=O) groups is 2. The number of sulfone groups is 1. The maximum Gasteiger partial charge on any atom is 0.341 e. The highest BCUT2D eigenvalue weighted by molar-refractivity contribution is 9.10. The average Bonchev–Trinajstić information content (AvgIpc) is 3.13. The van der Waals surface area contributed by atoms with E-state index in [0.717, 1.165) is 15.8 Å². The lowest BCUT2D eigenvalue weighted by Crippen LogP contribution is -2.20. The average molecular weight is 475 g/mol. The first kappa shape index (κ1) is 20.1. The second-order valence-electron chi connectivity index (χ2n) is 6.05. The van der Waals surface area contributed by atoms with Crippen molar-refractivity contribution in [3.63, 3.8) is 0 Å². The van der Waals surface area contributed by atoms with Gasteiger partial charge in [0.25, 0.3) is 5.91 Å². The summed E-state index contributed by atoms with van der Waals surface area (Å²) in [6.45, 7) is 4.42. The van der Waals surface area contributed by atoms with E-state index in [9.17, 15) is 18.0 Å². The molecule has 0 aromatic carbocycles. The minimum Gasteiger partial charge on any atom is -0.462 e. The molecule has 0 aliphatic carbocycles. The number of amides is 1. The molecular formula is C17H19BrN2O5S2. The molecule has 2 aromatic rings. The predicted molar refractivity (Wildman–Crippen MR) is 107 cm³/mol. The molecule has 1 aliphatic heterocycles. The highest BCUT2D eigenvalue weighted by Crippen LogP contribution is 2.38. The quantitative estimate of drug-likeness (QED) is 0.671. The molecule has 0 fully saturated rings. The fourth-order valence-corrected chi connectivity index (χ4v) is 6.52. The molecule has 1 amide bonds. The zero-order valence-corrected chi connectivity index (χ0v) is 18.1. The van der Waals surface area contributed by atoms with E-state index in [-0.39, 0.29) is 36.0 Å². The van der Waals surface area contributed by atoms with E-state index in [1.54, 1.807) is 23.8 Å². The summed E-state index contributed by atoms with van der Waals surface area (Å²) in [4.78, 5) is 25.8. The number of thiophene rings is 1. The van der Waals surface area contributed by atoms with Crippen molar-refractivity contribution >= 4 is 54.0 Å². The van der Waals surface area contributed by atoms with Crippen LogP contribution >= 0.6 is 27.3 Å². The maximum atomic E-state index is 12.8. The number of hydrogen-bond donors (Lipinski definition) is 1. The van der Waals surface area contributed by atoms with Gasteiger partial charge in [0.1, 0.15) is 10.7 Å². The molecule has 0 spiro atoms. The van der Waals surface area contributed by atoms with Crippen LogP contribution in [0.1, 0.15) is 45.1 Å². The highest BCUT2D eigenvalue weighted by atomic mass is 79.9. The van der Waals surface area contributed by atoms with Gasteiger partial charge in [0.2, 0.25) is 0 Å². The summed E-state index contributed by atoms with van der Waals surface area (Å²) < 4.78 is 31.6. The number of esters is 1. The van der Waals surface area contributed by atoms with Crippen molar-refractivity contribution in [1.82, 2.24) is 4.57 Å². The maximum absolute atomic E-state index is 12.8. The number of nitrogens with one attached hydrogen (secondary N) is 1. The molecule has 7 nitrogen and oxygen atoms in total. The monoisotopic (exact) mass is 474 g/mol. The number of ether oxygens (including phenoxy) is 1. The van der Waals surface area contributed by atoms with Gasteiger partial charge in [-0.15, -0.1) is 11.3 Å². The van der Waals surface area contributed by atoms with Crippen LogP contribution in [0.3, 0.4) is 0 Å². The van der Waals surface area contributed by atoms with Crippen LogP contribution in [0.25, 0.3) is 0 Å². The number of aromatic nitrogens is 1. The fourth-order valence-electron chi connectivity index (χ4n) is 3.02. The van der Waals surface area contributed by atoms with Gasteiger partial charge in [-0.3, -0.25) is 4.79 Å². The van der Waals surface area contributed by atoms with Gasteiger partial charge in [0.05, 0.1) is 23.7 Å². The van der Waals surface area contributed by atoms with E-state index in [4.69, 9.17) is 4.74 Å². The molecule has 0 unspecified atom stereocenters. The van der Waals surface area contributed by atoms with Gasteiger partial charge < -0.3 is 14.6 Å². The van der Waals surface area contributed by atoms with Crippen LogP contribution in [-0.4, -0.2) is 37.2 Å². The number of fused-ring (bicyclic) bond motifs is 1. The number of hydrogen-bond acceptors (Lipinski definition) is 6. The van der Waals surface area contributed by atoms with Gasteiger partial charge >= 0.3 is 5.97 Å². The van der Waals surface area contributed by atoms with E-state index < -0.39 is 15.8 Å². The Balaban J connectivity index is 2.00. The Bertz CT molecular complexity index is 1010. The summed E-state index contributed by atoms with van der Waals surface area (Å²) in [6, 6.07) is 1.70. The van der Waals surface area contributed by atoms with Gasteiger partial charge in [-0.2, -0.15) is 0 Å². The normalized spacial score (nSPS) is 15.2. The Morgan fingerprint density at radius 1 is 1.37 bits per heavy atom. The summed E-state index contributed by atoms with van der Waals surface area (Å²) >= 11 is 4.48. The molecule has 3 heterocycles. The van der Waals surface area contributed by atoms with Crippen molar-refractivity contribution < 1.29 is 22.7 Å². The number of anilines is 1. The summed E-state index contributed by atoms with van der Waals surface area (Å²) in [7, 11) is -3.19. The second kappa shape index (κ2) is 7.76. The van der Waals surface area contributed by atoms with Gasteiger partial charge in [0, 0.05) is 22.1 Å². The Hall–Kier alpha value is -1.65. The molecule has 0 saturated heterocycles. The van der Waals surface area contributed by atoms with Crippen LogP contribution in [0.5, 0.6) is 0 Å². The Kier molecular flexibility index (Phi) is 5.78. The lowest BCUT2D eigenvalue weighted by Gasteiger charge is -2.13. The molecule has 146 valence electrons. The zero-order valence-electron chi connectivity index (χ0n) is 14.9. The molecule has 0 atom stereocenters. The summed E-state index contributed by atoms with van der Waals surface area (Å²) in [5, 5.41) is 3.11. The van der Waals surface area contributed by atoms with Crippen molar-refractivity contribution in [3.8, 4) is 0 Å². The number of halogens is 1. The molecule has 10 heteroatoms. The number of rotatable bonds is 5. The van der Waals surface area contributed by atoms with Crippen LogP contribution in [-0.2, 0) is 33.3 Å². The van der Waals surface area contributed by atoms with Crippen molar-refractivity contribution in [2.45, 2.75) is 32.6 Å². The van der Waals surface area contributed by atoms with Crippen molar-refractivity contribution in [1.29, 1.82) is 0 Å². The highest BCUT2D eigenvalue weighted by Gasteiger charge is 2.32. The lowest BCUT2D eigenvalue weighted by molar-refractivity contribution is 0.0527. The zero-order chi connectivity index (χ0) is 19.8. The minimum absolute atomic E-state index is 0.0117. The number of carbonyl (C=O) groups excluding carboxylic acids is 2. The third-order valence-electron chi connectivity index (χ3n) is 4.25. The second-order valence-corrected chi connectivity index (χ2v) is 10.3. The van der Waals surface area contributed by atoms with E-state index >= 15 is 0 Å². The molecule has 3 rings (SSSR count). The number of nitrogens with zero attached hydrogens (tertiary/aromatic N) is 1. The topological polar surface area (TPSA) is 94.5 Å². The van der Waals surface area contributed by atoms with Gasteiger partial charge in [-0.1, -0.05) is 0 Å². The van der Waals surface area contributed by atoms with Crippen LogP contribution in [0.15, 0.2) is 16.7 Å². The Labute approximate surface area is 169 Å². The molecule has 0 radical (unpaired) electrons. The first-order valence-electron chi connectivity index (χ1n) is 8.44. The van der Waals surface area contributed by atoms with E-state index in [0.29, 0.717) is 27.7 Å². The van der Waals surface area contributed by atoms with E-state index in [2.05, 4.69) is 21.2 Å². The smallest absolute Gasteiger partial charge is 0.341 e. The van der Waals surface area contributed by atoms with Crippen molar-refractivity contribution in [2.24, 2.45) is 0 Å². The fraction of sp³-hybridized carbons (Fsp3) is 0.412. The predicted octanol–water partition coefficient (Wildman–Crippen LogP) is 3.23. The molecule has 2 aromatic heterocycles. The third kappa shape index (κ3) is 4.12. The van der Waals surface area contributed by atoms with Gasteiger partial charge in [-0.25, -0.2) is 13.2 Å². The first-order chi connectivity index (χ1) is 12.8. The lowest BCUT2D eigenvalue weighted by atomic mass is 10.1. The number of aryl methyl sites for hydroxylation is 1. The van der Waals surface area contributed by atoms with Gasteiger partial charge in [0.15, 0.2) is 9.84 Å². The summed E-state index contributed by atoms with van der Waals surface area (Å²) in [5.41, 5.74) is 1.38. The standard InChI is InChI=1S/C17H19BrN2O5S2/c1-3-20-8-10(18)7-12(20)15(21)19-16-14(17(22)25-4-2)11-5-6-27(23,24)9-13(11)26-16/h7-8H,3-6,9H2,1-2H3,(H,19,21). The van der Waals surface area contributed by atoms with E-state index in [1.165, 1.54) is 0 Å². The molecule has 1 N–H and O–H groups in total. The molecule has 0 saturated carbocycles. The Morgan fingerprint density at radius 2 is 2.11 bits per heavy atom. The Morgan fingerprint density at radius 3 is 2.78 bits per heavy atom. The largest absolute Gasteiger partial charge is 0.462 e. The van der Waals surface area contributed by atoms with Crippen LogP contribution < -0.4 is 5.32 Å². The van der Waals surface area contributed by atoms with E-state index in [1.807, 2.05) is 6.92 Å². The molecule has 1 aliphatic rings. The third-order valence-corrected chi connectivity index (χ3v) is 7.57. The SMILES string of the molecule is CCOC(=O)c1c(NC(=O)c2cc(Br)cn2CC)sc2c1CCS(=O)(=O)C2. The molecule has 27 heavy (non-hydrogen) atoms. The molecular weight excluding hydrogens is 456 g/mol. The van der Waals surface area contributed by atoms with Crippen molar-refractivity contribution in [3.05, 3.63) is 38.4 Å². The van der Waals surface area contributed by atoms with Crippen molar-refractivity contribution in [2.75, 3.05) is 17.7 Å². The van der Waals surface area contributed by atoms with Crippen LogP contribution in [0.2, 0.25) is 0 Å². The first-order valence-corrected chi connectivity index (χ1v) is 11.9. The summed E-state index contributed by atoms with van der Waals surface area (Å²) in [6.07, 6.45) is 2.04. The molecule has 0 bridgehead atoms. The van der Waals surface area contributed by atoms with Crippen LogP contribution in [0.4, 0.5) is 5.00 Å². The summed E-state index contributed by atoms with van der Waals surface area (Å²) in [5.74, 6) is -1.04. The van der Waals surface area contributed by atoms with Crippen LogP contribution in [0, 0.1) is 0 Å².